The SMILES string of the molecule is CCOC(=O)[C@@H]1CCCN(C(=O)C2(S(=O)(=O)c3ccc(Cl)cc3)CCCC2)C1. The highest BCUT2D eigenvalue weighted by molar-refractivity contribution is 7.93. The van der Waals surface area contributed by atoms with Crippen molar-refractivity contribution in [2.45, 2.75) is 55.1 Å². The molecule has 0 radical (unpaired) electrons. The van der Waals surface area contributed by atoms with E-state index in [2.05, 4.69) is 0 Å². The number of hydrogen-bond acceptors (Lipinski definition) is 5. The van der Waals surface area contributed by atoms with Crippen molar-refractivity contribution in [2.24, 2.45) is 5.92 Å². The monoisotopic (exact) mass is 427 g/mol. The lowest BCUT2D eigenvalue weighted by Gasteiger charge is -2.38. The zero-order valence-corrected chi connectivity index (χ0v) is 17.6. The summed E-state index contributed by atoms with van der Waals surface area (Å²) >= 11 is 5.90. The summed E-state index contributed by atoms with van der Waals surface area (Å²) in [5, 5.41) is 0.444. The molecule has 1 aromatic carbocycles. The number of esters is 1. The van der Waals surface area contributed by atoms with E-state index in [0.717, 1.165) is 0 Å². The molecule has 1 amide bonds. The molecule has 0 spiro atoms. The smallest absolute Gasteiger partial charge is 0.310 e. The molecule has 0 aromatic heterocycles. The Balaban J connectivity index is 1.90. The predicted octanol–water partition coefficient (Wildman–Crippen LogP) is 3.23. The van der Waals surface area contributed by atoms with Crippen molar-refractivity contribution in [1.82, 2.24) is 4.90 Å². The first-order chi connectivity index (χ1) is 13.3. The van der Waals surface area contributed by atoms with Crippen LogP contribution in [0.1, 0.15) is 45.4 Å². The molecule has 154 valence electrons. The summed E-state index contributed by atoms with van der Waals surface area (Å²) in [6.45, 7) is 2.72. The topological polar surface area (TPSA) is 80.8 Å². The largest absolute Gasteiger partial charge is 0.466 e. The fourth-order valence-corrected chi connectivity index (χ4v) is 6.54. The van der Waals surface area contributed by atoms with E-state index >= 15 is 0 Å². The van der Waals surface area contributed by atoms with Crippen molar-refractivity contribution in [3.63, 3.8) is 0 Å². The average molecular weight is 428 g/mol. The van der Waals surface area contributed by atoms with E-state index in [-0.39, 0.29) is 29.9 Å². The summed E-state index contributed by atoms with van der Waals surface area (Å²) in [4.78, 5) is 27.3. The molecule has 1 atom stereocenters. The number of piperidine rings is 1. The molecule has 28 heavy (non-hydrogen) atoms. The lowest BCUT2D eigenvalue weighted by molar-refractivity contribution is -0.151. The Hall–Kier alpha value is -1.60. The fraction of sp³-hybridized carbons (Fsp3) is 0.600. The summed E-state index contributed by atoms with van der Waals surface area (Å²) in [5.74, 6) is -1.09. The van der Waals surface area contributed by atoms with Crippen LogP contribution in [0.15, 0.2) is 29.2 Å². The van der Waals surface area contributed by atoms with Crippen LogP contribution in [0.3, 0.4) is 0 Å². The zero-order chi connectivity index (χ0) is 20.4. The van der Waals surface area contributed by atoms with Crippen LogP contribution in [0.4, 0.5) is 0 Å². The molecule has 2 aliphatic rings. The van der Waals surface area contributed by atoms with E-state index in [1.54, 1.807) is 11.8 Å². The second-order valence-corrected chi connectivity index (χ2v) is 10.2. The van der Waals surface area contributed by atoms with Gasteiger partial charge in [0.25, 0.3) is 0 Å². The first-order valence-corrected chi connectivity index (χ1v) is 11.6. The van der Waals surface area contributed by atoms with Crippen LogP contribution in [0.2, 0.25) is 5.02 Å². The number of benzene rings is 1. The molecular weight excluding hydrogens is 402 g/mol. The van der Waals surface area contributed by atoms with Gasteiger partial charge < -0.3 is 9.64 Å². The van der Waals surface area contributed by atoms with Gasteiger partial charge >= 0.3 is 5.97 Å². The summed E-state index contributed by atoms with van der Waals surface area (Å²) < 4.78 is 30.6. The van der Waals surface area contributed by atoms with Crippen LogP contribution in [-0.4, -0.2) is 49.6 Å². The number of likely N-dealkylation sites (tertiary alicyclic amines) is 1. The van der Waals surface area contributed by atoms with Crippen molar-refractivity contribution >= 4 is 33.3 Å². The summed E-state index contributed by atoms with van der Waals surface area (Å²) in [7, 11) is -3.88. The lowest BCUT2D eigenvalue weighted by atomic mass is 9.96. The van der Waals surface area contributed by atoms with E-state index in [4.69, 9.17) is 16.3 Å². The number of ether oxygens (including phenoxy) is 1. The van der Waals surface area contributed by atoms with Gasteiger partial charge in [-0.05, 0) is 56.9 Å². The number of halogens is 1. The highest BCUT2D eigenvalue weighted by Crippen LogP contribution is 2.42. The minimum absolute atomic E-state index is 0.117. The second-order valence-electron chi connectivity index (χ2n) is 7.50. The molecule has 0 bridgehead atoms. The predicted molar refractivity (Wildman–Crippen MR) is 106 cm³/mol. The number of nitrogens with zero attached hydrogens (tertiary/aromatic N) is 1. The highest BCUT2D eigenvalue weighted by atomic mass is 35.5. The quantitative estimate of drug-likeness (QED) is 0.674. The standard InChI is InChI=1S/C20H26ClNO5S/c1-2-27-18(23)15-6-5-13-22(14-15)19(24)20(11-3-4-12-20)28(25,26)17-9-7-16(21)8-10-17/h7-10,15H,2-6,11-14H2,1H3/t15-/m1/s1. The van der Waals surface area contributed by atoms with E-state index in [9.17, 15) is 18.0 Å². The Morgan fingerprint density at radius 1 is 1.18 bits per heavy atom. The number of rotatable bonds is 5. The third kappa shape index (κ3) is 3.79. The molecular formula is C20H26ClNO5S. The van der Waals surface area contributed by atoms with Crippen molar-refractivity contribution in [3.8, 4) is 0 Å². The Labute approximate surface area is 171 Å². The van der Waals surface area contributed by atoms with Gasteiger partial charge in [0.2, 0.25) is 5.91 Å². The molecule has 3 rings (SSSR count). The summed E-state index contributed by atoms with van der Waals surface area (Å²) in [5.41, 5.74) is 0. The normalized spacial score (nSPS) is 22.1. The molecule has 1 aliphatic carbocycles. The first-order valence-electron chi connectivity index (χ1n) is 9.78. The fourth-order valence-electron chi connectivity index (χ4n) is 4.29. The number of sulfone groups is 1. The van der Waals surface area contributed by atoms with Gasteiger partial charge in [0, 0.05) is 18.1 Å². The van der Waals surface area contributed by atoms with E-state index in [1.807, 2.05) is 0 Å². The van der Waals surface area contributed by atoms with Crippen molar-refractivity contribution in [2.75, 3.05) is 19.7 Å². The molecule has 0 unspecified atom stereocenters. The van der Waals surface area contributed by atoms with E-state index in [0.29, 0.717) is 50.1 Å². The van der Waals surface area contributed by atoms with E-state index in [1.165, 1.54) is 24.3 Å². The number of carbonyl (C=O) groups is 2. The maximum absolute atomic E-state index is 13.5. The van der Waals surface area contributed by atoms with Crippen molar-refractivity contribution in [3.05, 3.63) is 29.3 Å². The molecule has 2 fully saturated rings. The lowest BCUT2D eigenvalue weighted by Crippen LogP contribution is -2.55. The molecule has 0 N–H and O–H groups in total. The van der Waals surface area contributed by atoms with Gasteiger partial charge in [-0.2, -0.15) is 0 Å². The van der Waals surface area contributed by atoms with Gasteiger partial charge in [0.1, 0.15) is 0 Å². The van der Waals surface area contributed by atoms with Crippen LogP contribution < -0.4 is 0 Å². The third-order valence-electron chi connectivity index (χ3n) is 5.77. The maximum Gasteiger partial charge on any atom is 0.310 e. The summed E-state index contributed by atoms with van der Waals surface area (Å²) in [6, 6.07) is 5.98. The van der Waals surface area contributed by atoms with Crippen molar-refractivity contribution in [1.29, 1.82) is 0 Å². The van der Waals surface area contributed by atoms with Crippen LogP contribution in [-0.2, 0) is 24.2 Å². The highest BCUT2D eigenvalue weighted by Gasteiger charge is 2.55. The van der Waals surface area contributed by atoms with Crippen LogP contribution in [0.25, 0.3) is 0 Å². The Morgan fingerprint density at radius 2 is 1.82 bits per heavy atom. The number of amides is 1. The molecule has 1 saturated heterocycles. The minimum atomic E-state index is -3.88. The number of carbonyl (C=O) groups excluding carboxylic acids is 2. The second kappa shape index (κ2) is 8.41. The molecule has 8 heteroatoms. The van der Waals surface area contributed by atoms with E-state index < -0.39 is 20.5 Å². The molecule has 1 heterocycles. The van der Waals surface area contributed by atoms with Crippen LogP contribution in [0.5, 0.6) is 0 Å². The van der Waals surface area contributed by atoms with Gasteiger partial charge in [0.05, 0.1) is 17.4 Å². The van der Waals surface area contributed by atoms with Gasteiger partial charge in [0.15, 0.2) is 14.6 Å². The Morgan fingerprint density at radius 3 is 2.43 bits per heavy atom. The van der Waals surface area contributed by atoms with Gasteiger partial charge in [-0.25, -0.2) is 8.42 Å². The van der Waals surface area contributed by atoms with Gasteiger partial charge in [-0.3, -0.25) is 9.59 Å². The van der Waals surface area contributed by atoms with Gasteiger partial charge in [-0.1, -0.05) is 24.4 Å². The van der Waals surface area contributed by atoms with Crippen LogP contribution >= 0.6 is 11.6 Å². The Bertz CT molecular complexity index is 831. The zero-order valence-electron chi connectivity index (χ0n) is 16.0. The van der Waals surface area contributed by atoms with Crippen molar-refractivity contribution < 1.29 is 22.7 Å². The Kier molecular flexibility index (Phi) is 6.34. The number of hydrogen-bond donors (Lipinski definition) is 0. The molecule has 6 nitrogen and oxygen atoms in total. The minimum Gasteiger partial charge on any atom is -0.466 e. The third-order valence-corrected chi connectivity index (χ3v) is 8.52. The van der Waals surface area contributed by atoms with Gasteiger partial charge in [-0.15, -0.1) is 0 Å². The molecule has 1 saturated carbocycles. The maximum atomic E-state index is 13.5. The average Bonchev–Trinajstić information content (AvgIpc) is 3.20. The summed E-state index contributed by atoms with van der Waals surface area (Å²) in [6.07, 6.45) is 3.29. The first kappa shape index (κ1) is 21.1. The molecule has 1 aliphatic heterocycles. The van der Waals surface area contributed by atoms with Crippen LogP contribution in [0, 0.1) is 5.92 Å². The molecule has 1 aromatic rings.